The Labute approximate surface area is 109 Å². The molecule has 0 fully saturated rings. The molecule has 0 radical (unpaired) electrons. The van der Waals surface area contributed by atoms with Gasteiger partial charge in [0.05, 0.1) is 18.2 Å². The van der Waals surface area contributed by atoms with Gasteiger partial charge in [-0.3, -0.25) is 0 Å². The van der Waals surface area contributed by atoms with Gasteiger partial charge in [0.15, 0.2) is 0 Å². The normalized spacial score (nSPS) is 10.4. The zero-order chi connectivity index (χ0) is 13.4. The van der Waals surface area contributed by atoms with Crippen LogP contribution in [0.4, 0.5) is 0 Å². The average Bonchev–Trinajstić information content (AvgIpc) is 2.35. The Morgan fingerprint density at radius 2 is 2.00 bits per heavy atom. The Morgan fingerprint density at radius 1 is 1.22 bits per heavy atom. The molecule has 3 nitrogen and oxygen atoms in total. The minimum absolute atomic E-state index is 0.522. The van der Waals surface area contributed by atoms with Crippen LogP contribution in [-0.2, 0) is 4.74 Å². The minimum atomic E-state index is 0.522. The number of rotatable bonds is 7. The van der Waals surface area contributed by atoms with E-state index in [-0.39, 0.29) is 0 Å². The van der Waals surface area contributed by atoms with Crippen LogP contribution in [0.15, 0.2) is 18.2 Å². The highest BCUT2D eigenvalue weighted by Crippen LogP contribution is 2.18. The number of ether oxygens (including phenoxy) is 2. The molecule has 0 saturated carbocycles. The van der Waals surface area contributed by atoms with Crippen LogP contribution in [-0.4, -0.2) is 19.8 Å². The molecule has 0 aliphatic rings. The fraction of sp³-hybridized carbons (Fsp3) is 0.533. The topological polar surface area (TPSA) is 42.2 Å². The predicted octanol–water partition coefficient (Wildman–Crippen LogP) is 3.31. The van der Waals surface area contributed by atoms with Crippen LogP contribution in [0.25, 0.3) is 0 Å². The fourth-order valence-electron chi connectivity index (χ4n) is 1.46. The second-order valence-electron chi connectivity index (χ2n) is 4.74. The lowest BCUT2D eigenvalue weighted by Crippen LogP contribution is -2.09. The van der Waals surface area contributed by atoms with Crippen molar-refractivity contribution in [2.75, 3.05) is 19.8 Å². The third-order valence-corrected chi connectivity index (χ3v) is 2.64. The summed E-state index contributed by atoms with van der Waals surface area (Å²) in [6, 6.07) is 7.56. The predicted molar refractivity (Wildman–Crippen MR) is 71.7 cm³/mol. The molecule has 0 aromatic heterocycles. The maximum absolute atomic E-state index is 8.82. The maximum Gasteiger partial charge on any atom is 0.123 e. The highest BCUT2D eigenvalue weighted by Gasteiger charge is 2.01. The Balaban J connectivity index is 2.29. The van der Waals surface area contributed by atoms with Gasteiger partial charge in [-0.15, -0.1) is 0 Å². The lowest BCUT2D eigenvalue weighted by Gasteiger charge is -2.10. The fourth-order valence-corrected chi connectivity index (χ4v) is 1.46. The molecule has 98 valence electrons. The van der Waals surface area contributed by atoms with Gasteiger partial charge >= 0.3 is 0 Å². The van der Waals surface area contributed by atoms with Gasteiger partial charge in [-0.05, 0) is 37.0 Å². The molecule has 1 aromatic carbocycles. The Hall–Kier alpha value is -1.53. The maximum atomic E-state index is 8.82. The van der Waals surface area contributed by atoms with Gasteiger partial charge in [0.25, 0.3) is 0 Å². The number of aryl methyl sites for hydroxylation is 1. The first-order valence-corrected chi connectivity index (χ1v) is 6.34. The van der Waals surface area contributed by atoms with E-state index in [1.54, 1.807) is 12.1 Å². The molecule has 1 aromatic rings. The molecule has 0 aliphatic heterocycles. The number of nitrogens with zero attached hydrogens (tertiary/aromatic N) is 1. The summed E-state index contributed by atoms with van der Waals surface area (Å²) >= 11 is 0. The molecule has 0 heterocycles. The third-order valence-electron chi connectivity index (χ3n) is 2.64. The summed E-state index contributed by atoms with van der Waals surface area (Å²) in [5, 5.41) is 8.82. The summed E-state index contributed by atoms with van der Waals surface area (Å²) in [4.78, 5) is 0. The lowest BCUT2D eigenvalue weighted by molar-refractivity contribution is 0.0924. The summed E-state index contributed by atoms with van der Waals surface area (Å²) in [6.07, 6.45) is 1.07. The van der Waals surface area contributed by atoms with Gasteiger partial charge in [0.1, 0.15) is 12.4 Å². The minimum Gasteiger partial charge on any atom is -0.491 e. The van der Waals surface area contributed by atoms with E-state index in [0.717, 1.165) is 24.3 Å². The molecule has 0 amide bonds. The van der Waals surface area contributed by atoms with Gasteiger partial charge in [-0.25, -0.2) is 0 Å². The van der Waals surface area contributed by atoms with E-state index in [1.807, 2.05) is 13.0 Å². The third kappa shape index (κ3) is 5.20. The molecule has 0 spiro atoms. The van der Waals surface area contributed by atoms with Gasteiger partial charge in [0.2, 0.25) is 0 Å². The molecule has 18 heavy (non-hydrogen) atoms. The van der Waals surface area contributed by atoms with Crippen molar-refractivity contribution in [1.29, 1.82) is 5.26 Å². The SMILES string of the molecule is Cc1ccc(C#N)cc1OCCOCCC(C)C. The molecule has 0 saturated heterocycles. The Bertz CT molecular complexity index is 407. The summed E-state index contributed by atoms with van der Waals surface area (Å²) in [7, 11) is 0. The van der Waals surface area contributed by atoms with E-state index in [4.69, 9.17) is 14.7 Å². The molecule has 0 aliphatic carbocycles. The second-order valence-corrected chi connectivity index (χ2v) is 4.74. The van der Waals surface area contributed by atoms with Crippen molar-refractivity contribution < 1.29 is 9.47 Å². The monoisotopic (exact) mass is 247 g/mol. The first kappa shape index (κ1) is 14.5. The number of hydrogen-bond acceptors (Lipinski definition) is 3. The van der Waals surface area contributed by atoms with Crippen LogP contribution in [0.1, 0.15) is 31.4 Å². The van der Waals surface area contributed by atoms with E-state index < -0.39 is 0 Å². The van der Waals surface area contributed by atoms with Crippen molar-refractivity contribution in [2.24, 2.45) is 5.92 Å². The number of hydrogen-bond donors (Lipinski definition) is 0. The van der Waals surface area contributed by atoms with Crippen LogP contribution in [0.3, 0.4) is 0 Å². The molecular formula is C15H21NO2. The molecular weight excluding hydrogens is 226 g/mol. The van der Waals surface area contributed by atoms with Crippen molar-refractivity contribution >= 4 is 0 Å². The molecule has 0 bridgehead atoms. The highest BCUT2D eigenvalue weighted by molar-refractivity contribution is 5.41. The summed E-state index contributed by atoms with van der Waals surface area (Å²) in [6.45, 7) is 8.21. The quantitative estimate of drug-likeness (QED) is 0.694. The van der Waals surface area contributed by atoms with Gasteiger partial charge in [-0.2, -0.15) is 5.26 Å². The van der Waals surface area contributed by atoms with Crippen molar-refractivity contribution in [1.82, 2.24) is 0 Å². The summed E-state index contributed by atoms with van der Waals surface area (Å²) < 4.78 is 11.1. The first-order chi connectivity index (χ1) is 8.63. The Morgan fingerprint density at radius 3 is 2.67 bits per heavy atom. The van der Waals surface area contributed by atoms with Crippen molar-refractivity contribution in [2.45, 2.75) is 27.2 Å². The largest absolute Gasteiger partial charge is 0.491 e. The molecule has 0 unspecified atom stereocenters. The summed E-state index contributed by atoms with van der Waals surface area (Å²) in [5.74, 6) is 1.43. The van der Waals surface area contributed by atoms with Crippen LogP contribution in [0, 0.1) is 24.2 Å². The van der Waals surface area contributed by atoms with Crippen molar-refractivity contribution in [3.8, 4) is 11.8 Å². The Kier molecular flexibility index (Phi) is 6.24. The van der Waals surface area contributed by atoms with Gasteiger partial charge in [-0.1, -0.05) is 19.9 Å². The van der Waals surface area contributed by atoms with Crippen LogP contribution >= 0.6 is 0 Å². The molecule has 0 N–H and O–H groups in total. The zero-order valence-electron chi connectivity index (χ0n) is 11.4. The zero-order valence-corrected chi connectivity index (χ0v) is 11.4. The van der Waals surface area contributed by atoms with Crippen LogP contribution in [0.5, 0.6) is 5.75 Å². The number of benzene rings is 1. The van der Waals surface area contributed by atoms with Crippen molar-refractivity contribution in [3.63, 3.8) is 0 Å². The van der Waals surface area contributed by atoms with Crippen LogP contribution < -0.4 is 4.74 Å². The van der Waals surface area contributed by atoms with Gasteiger partial charge < -0.3 is 9.47 Å². The van der Waals surface area contributed by atoms with E-state index in [9.17, 15) is 0 Å². The molecule has 1 rings (SSSR count). The molecule has 0 atom stereocenters. The van der Waals surface area contributed by atoms with Crippen LogP contribution in [0.2, 0.25) is 0 Å². The standard InChI is InChI=1S/C15H21NO2/c1-12(2)6-7-17-8-9-18-15-10-14(11-16)5-4-13(15)3/h4-5,10,12H,6-9H2,1-3H3. The first-order valence-electron chi connectivity index (χ1n) is 6.34. The van der Waals surface area contributed by atoms with E-state index in [2.05, 4.69) is 19.9 Å². The second kappa shape index (κ2) is 7.73. The van der Waals surface area contributed by atoms with Crippen molar-refractivity contribution in [3.05, 3.63) is 29.3 Å². The summed E-state index contributed by atoms with van der Waals surface area (Å²) in [5.41, 5.74) is 1.66. The van der Waals surface area contributed by atoms with E-state index >= 15 is 0 Å². The van der Waals surface area contributed by atoms with E-state index in [0.29, 0.717) is 24.7 Å². The number of nitriles is 1. The van der Waals surface area contributed by atoms with E-state index in [1.165, 1.54) is 0 Å². The highest BCUT2D eigenvalue weighted by atomic mass is 16.5. The smallest absolute Gasteiger partial charge is 0.123 e. The molecule has 3 heteroatoms. The lowest BCUT2D eigenvalue weighted by atomic mass is 10.1. The average molecular weight is 247 g/mol. The van der Waals surface area contributed by atoms with Gasteiger partial charge in [0, 0.05) is 6.61 Å².